The molecule has 0 aliphatic carbocycles. The topological polar surface area (TPSA) is 68.5 Å². The van der Waals surface area contributed by atoms with Gasteiger partial charge in [-0.25, -0.2) is 0 Å². The molecule has 2 heterocycles. The smallest absolute Gasteiger partial charge is 0.161 e. The third kappa shape index (κ3) is 5.10. The Kier molecular flexibility index (Phi) is 6.65. The van der Waals surface area contributed by atoms with Gasteiger partial charge < -0.3 is 10.5 Å². The van der Waals surface area contributed by atoms with Crippen LogP contribution in [-0.2, 0) is 4.74 Å². The molecule has 124 valence electrons. The van der Waals surface area contributed by atoms with Crippen LogP contribution < -0.4 is 5.73 Å². The van der Waals surface area contributed by atoms with Crippen LogP contribution in [0.4, 0.5) is 0 Å². The molecule has 0 atom stereocenters. The van der Waals surface area contributed by atoms with E-state index < -0.39 is 0 Å². The number of fused-ring (bicyclic) bond motifs is 1. The number of aryl methyl sites for hydroxylation is 1. The van der Waals surface area contributed by atoms with E-state index in [4.69, 9.17) is 10.5 Å². The first kappa shape index (κ1) is 17.5. The molecule has 0 spiro atoms. The number of hydrogen-bond acceptors (Lipinski definition) is 5. The largest absolute Gasteiger partial charge is 0.379 e. The second-order valence-electron chi connectivity index (χ2n) is 5.61. The highest BCUT2D eigenvalue weighted by Crippen LogP contribution is 2.16. The van der Waals surface area contributed by atoms with Crippen LogP contribution >= 0.6 is 0 Å². The van der Waals surface area contributed by atoms with E-state index in [0.29, 0.717) is 5.56 Å². The number of ketones is 1. The summed E-state index contributed by atoms with van der Waals surface area (Å²) in [6, 6.07) is 9.71. The van der Waals surface area contributed by atoms with Crippen LogP contribution in [0.1, 0.15) is 23.0 Å². The van der Waals surface area contributed by atoms with E-state index in [2.05, 4.69) is 9.88 Å². The van der Waals surface area contributed by atoms with Crippen LogP contribution in [0.15, 0.2) is 30.3 Å². The maximum Gasteiger partial charge on any atom is 0.161 e. The van der Waals surface area contributed by atoms with Gasteiger partial charge in [0.25, 0.3) is 0 Å². The van der Waals surface area contributed by atoms with Crippen molar-refractivity contribution in [3.05, 3.63) is 41.6 Å². The van der Waals surface area contributed by atoms with Crippen molar-refractivity contribution in [2.24, 2.45) is 5.73 Å². The van der Waals surface area contributed by atoms with Crippen molar-refractivity contribution in [3.8, 4) is 0 Å². The third-order valence-electron chi connectivity index (χ3n) is 3.84. The molecule has 3 rings (SSSR count). The summed E-state index contributed by atoms with van der Waals surface area (Å²) in [6.45, 7) is 9.07. The fourth-order valence-corrected chi connectivity index (χ4v) is 2.58. The molecule has 2 aromatic rings. The van der Waals surface area contributed by atoms with Crippen LogP contribution in [0.3, 0.4) is 0 Å². The predicted molar refractivity (Wildman–Crippen MR) is 92.8 cm³/mol. The van der Waals surface area contributed by atoms with Crippen molar-refractivity contribution in [2.45, 2.75) is 13.8 Å². The van der Waals surface area contributed by atoms with Gasteiger partial charge in [-0.15, -0.1) is 0 Å². The van der Waals surface area contributed by atoms with Gasteiger partial charge in [-0.3, -0.25) is 14.7 Å². The maximum absolute atomic E-state index is 11.3. The number of nitrogens with zero attached hydrogens (tertiary/aromatic N) is 2. The molecule has 0 saturated carbocycles. The summed E-state index contributed by atoms with van der Waals surface area (Å²) in [4.78, 5) is 18.0. The van der Waals surface area contributed by atoms with Crippen molar-refractivity contribution >= 4 is 16.7 Å². The van der Waals surface area contributed by atoms with Crippen LogP contribution in [0, 0.1) is 6.92 Å². The minimum Gasteiger partial charge on any atom is -0.379 e. The lowest BCUT2D eigenvalue weighted by Gasteiger charge is -2.25. The van der Waals surface area contributed by atoms with Crippen molar-refractivity contribution in [3.63, 3.8) is 0 Å². The zero-order chi connectivity index (χ0) is 16.7. The van der Waals surface area contributed by atoms with E-state index in [1.165, 1.54) is 0 Å². The highest BCUT2D eigenvalue weighted by atomic mass is 16.5. The maximum atomic E-state index is 11.3. The number of Topliss-reactive ketones (excluding diaryl/α,β-unsaturated/α-hetero) is 1. The minimum absolute atomic E-state index is 0.0701. The van der Waals surface area contributed by atoms with Crippen molar-refractivity contribution in [1.29, 1.82) is 0 Å². The Morgan fingerprint density at radius 3 is 2.65 bits per heavy atom. The molecular weight excluding hydrogens is 290 g/mol. The lowest BCUT2D eigenvalue weighted by Crippen LogP contribution is -2.39. The number of hydrogen-bond donors (Lipinski definition) is 1. The first-order valence-corrected chi connectivity index (χ1v) is 7.99. The van der Waals surface area contributed by atoms with Gasteiger partial charge in [-0.1, -0.05) is 18.2 Å². The summed E-state index contributed by atoms with van der Waals surface area (Å²) in [6.07, 6.45) is 0. The van der Waals surface area contributed by atoms with Crippen LogP contribution in [0.25, 0.3) is 10.9 Å². The molecule has 1 aliphatic rings. The number of carbonyl (C=O) groups excluding carboxylic acids is 1. The molecule has 1 aromatic heterocycles. The molecular formula is C18H25N3O2. The zero-order valence-corrected chi connectivity index (χ0v) is 13.9. The Balaban J connectivity index is 0.000000185. The molecule has 23 heavy (non-hydrogen) atoms. The van der Waals surface area contributed by atoms with E-state index in [0.717, 1.165) is 56.0 Å². The molecule has 1 fully saturated rings. The van der Waals surface area contributed by atoms with Crippen molar-refractivity contribution in [1.82, 2.24) is 9.88 Å². The highest BCUT2D eigenvalue weighted by molar-refractivity contribution is 5.98. The lowest BCUT2D eigenvalue weighted by molar-refractivity contribution is 0.0394. The Morgan fingerprint density at radius 2 is 2.00 bits per heavy atom. The number of ether oxygens (including phenoxy) is 1. The highest BCUT2D eigenvalue weighted by Gasteiger charge is 2.07. The minimum atomic E-state index is 0.0701. The van der Waals surface area contributed by atoms with Gasteiger partial charge in [0.2, 0.25) is 0 Å². The van der Waals surface area contributed by atoms with E-state index >= 15 is 0 Å². The summed E-state index contributed by atoms with van der Waals surface area (Å²) >= 11 is 0. The molecule has 0 bridgehead atoms. The molecule has 0 radical (unpaired) electrons. The number of carbonyl (C=O) groups is 1. The predicted octanol–water partition coefficient (Wildman–Crippen LogP) is 2.02. The second kappa shape index (κ2) is 8.72. The van der Waals surface area contributed by atoms with E-state index in [-0.39, 0.29) is 5.78 Å². The van der Waals surface area contributed by atoms with Gasteiger partial charge in [0.05, 0.1) is 18.7 Å². The average Bonchev–Trinajstić information content (AvgIpc) is 2.56. The van der Waals surface area contributed by atoms with Gasteiger partial charge in [0.1, 0.15) is 0 Å². The average molecular weight is 315 g/mol. The lowest BCUT2D eigenvalue weighted by atomic mass is 10.1. The van der Waals surface area contributed by atoms with Gasteiger partial charge in [-0.2, -0.15) is 0 Å². The van der Waals surface area contributed by atoms with Gasteiger partial charge in [-0.05, 0) is 26.0 Å². The number of aromatic nitrogens is 1. The number of benzene rings is 1. The molecule has 2 N–H and O–H groups in total. The van der Waals surface area contributed by atoms with Crippen LogP contribution in [-0.4, -0.2) is 55.1 Å². The Hall–Kier alpha value is -1.82. The monoisotopic (exact) mass is 315 g/mol. The third-order valence-corrected chi connectivity index (χ3v) is 3.84. The zero-order valence-electron chi connectivity index (χ0n) is 13.9. The molecule has 5 heteroatoms. The molecule has 5 nitrogen and oxygen atoms in total. The van der Waals surface area contributed by atoms with E-state index in [1.54, 1.807) is 6.92 Å². The standard InChI is InChI=1S/C12H11NO.C6H14N2O/c1-8-11(9(2)14)7-10-5-3-4-6-12(10)13-8;7-1-2-8-3-5-9-6-4-8/h3-7H,1-2H3;1-7H2. The van der Waals surface area contributed by atoms with Crippen LogP contribution in [0.5, 0.6) is 0 Å². The first-order chi connectivity index (χ1) is 11.1. The fourth-order valence-electron chi connectivity index (χ4n) is 2.58. The molecule has 1 saturated heterocycles. The SMILES string of the molecule is CC(=O)c1cc2ccccc2nc1C.NCCN1CCOCC1. The summed E-state index contributed by atoms with van der Waals surface area (Å²) in [5.74, 6) is 0.0701. The number of nitrogens with two attached hydrogens (primary N) is 1. The molecule has 0 amide bonds. The fraction of sp³-hybridized carbons (Fsp3) is 0.444. The quantitative estimate of drug-likeness (QED) is 0.878. The van der Waals surface area contributed by atoms with Gasteiger partial charge >= 0.3 is 0 Å². The first-order valence-electron chi connectivity index (χ1n) is 7.99. The Morgan fingerprint density at radius 1 is 1.30 bits per heavy atom. The molecule has 0 unspecified atom stereocenters. The van der Waals surface area contributed by atoms with E-state index in [1.807, 2.05) is 37.3 Å². The van der Waals surface area contributed by atoms with Crippen molar-refractivity contribution in [2.75, 3.05) is 39.4 Å². The molecule has 1 aliphatic heterocycles. The normalized spacial score (nSPS) is 15.1. The number of rotatable bonds is 3. The van der Waals surface area contributed by atoms with Crippen LogP contribution in [0.2, 0.25) is 0 Å². The van der Waals surface area contributed by atoms with Crippen molar-refractivity contribution < 1.29 is 9.53 Å². The number of pyridine rings is 1. The summed E-state index contributed by atoms with van der Waals surface area (Å²) < 4.78 is 5.16. The summed E-state index contributed by atoms with van der Waals surface area (Å²) in [5, 5.41) is 1.02. The Labute approximate surface area is 137 Å². The number of morpholine rings is 1. The summed E-state index contributed by atoms with van der Waals surface area (Å²) in [7, 11) is 0. The van der Waals surface area contributed by atoms with E-state index in [9.17, 15) is 4.79 Å². The van der Waals surface area contributed by atoms with Gasteiger partial charge in [0.15, 0.2) is 5.78 Å². The Bertz CT molecular complexity index is 649. The van der Waals surface area contributed by atoms with Gasteiger partial charge in [0, 0.05) is 42.8 Å². The number of para-hydroxylation sites is 1. The second-order valence-corrected chi connectivity index (χ2v) is 5.61. The molecule has 1 aromatic carbocycles. The summed E-state index contributed by atoms with van der Waals surface area (Å²) in [5.41, 5.74) is 7.83.